The van der Waals surface area contributed by atoms with E-state index in [9.17, 15) is 0 Å². The van der Waals surface area contributed by atoms with Crippen molar-refractivity contribution < 1.29 is 4.74 Å². The molecular weight excluding hydrogens is 250 g/mol. The molecule has 20 heavy (non-hydrogen) atoms. The highest BCUT2D eigenvalue weighted by Gasteiger charge is 2.18. The van der Waals surface area contributed by atoms with Crippen LogP contribution in [0.4, 0.5) is 5.69 Å². The fourth-order valence-corrected chi connectivity index (χ4v) is 2.79. The van der Waals surface area contributed by atoms with Gasteiger partial charge in [0.25, 0.3) is 0 Å². The van der Waals surface area contributed by atoms with Crippen molar-refractivity contribution in [3.63, 3.8) is 0 Å². The third-order valence-electron chi connectivity index (χ3n) is 3.94. The predicted molar refractivity (Wildman–Crippen MR) is 84.5 cm³/mol. The van der Waals surface area contributed by atoms with Crippen LogP contribution in [0.3, 0.4) is 0 Å². The topological polar surface area (TPSA) is 41.7 Å². The lowest BCUT2D eigenvalue weighted by atomic mass is 10.1. The van der Waals surface area contributed by atoms with Crippen molar-refractivity contribution in [3.8, 4) is 5.75 Å². The summed E-state index contributed by atoms with van der Waals surface area (Å²) >= 11 is 0. The Kier molecular flexibility index (Phi) is 5.68. The van der Waals surface area contributed by atoms with Crippen LogP contribution in [-0.2, 0) is 0 Å². The SMILES string of the molecule is CCCC(N)CN1CCN(c2cccc(OC)c2)CC1. The minimum absolute atomic E-state index is 0.323. The zero-order valence-corrected chi connectivity index (χ0v) is 12.7. The number of rotatable bonds is 6. The number of methoxy groups -OCH3 is 1. The summed E-state index contributed by atoms with van der Waals surface area (Å²) in [4.78, 5) is 4.90. The number of hydrogen-bond donors (Lipinski definition) is 1. The monoisotopic (exact) mass is 277 g/mol. The Balaban J connectivity index is 1.84. The zero-order chi connectivity index (χ0) is 14.4. The molecule has 2 rings (SSSR count). The number of nitrogens with two attached hydrogens (primary N) is 1. The Morgan fingerprint density at radius 3 is 2.65 bits per heavy atom. The smallest absolute Gasteiger partial charge is 0.120 e. The highest BCUT2D eigenvalue weighted by molar-refractivity contribution is 5.51. The number of benzene rings is 1. The molecule has 4 heteroatoms. The van der Waals surface area contributed by atoms with Crippen LogP contribution in [0.15, 0.2) is 24.3 Å². The van der Waals surface area contributed by atoms with E-state index in [4.69, 9.17) is 10.5 Å². The molecule has 1 aromatic carbocycles. The van der Waals surface area contributed by atoms with E-state index in [1.54, 1.807) is 7.11 Å². The van der Waals surface area contributed by atoms with Crippen molar-refractivity contribution in [2.24, 2.45) is 5.73 Å². The summed E-state index contributed by atoms with van der Waals surface area (Å²) < 4.78 is 5.29. The second-order valence-electron chi connectivity index (χ2n) is 5.54. The van der Waals surface area contributed by atoms with Crippen molar-refractivity contribution in [2.75, 3.05) is 44.7 Å². The van der Waals surface area contributed by atoms with Gasteiger partial charge in [0.2, 0.25) is 0 Å². The first-order chi connectivity index (χ1) is 9.72. The maximum Gasteiger partial charge on any atom is 0.120 e. The molecule has 1 heterocycles. The largest absolute Gasteiger partial charge is 0.497 e. The molecular formula is C16H27N3O. The van der Waals surface area contributed by atoms with Crippen molar-refractivity contribution in [1.29, 1.82) is 0 Å². The first-order valence-corrected chi connectivity index (χ1v) is 7.60. The Bertz CT molecular complexity index is 402. The van der Waals surface area contributed by atoms with Gasteiger partial charge in [-0.05, 0) is 18.6 Å². The van der Waals surface area contributed by atoms with Gasteiger partial charge in [-0.15, -0.1) is 0 Å². The van der Waals surface area contributed by atoms with Crippen LogP contribution in [-0.4, -0.2) is 50.8 Å². The number of ether oxygens (including phenoxy) is 1. The molecule has 1 saturated heterocycles. The quantitative estimate of drug-likeness (QED) is 0.863. The Morgan fingerprint density at radius 1 is 1.25 bits per heavy atom. The van der Waals surface area contributed by atoms with Gasteiger partial charge in [-0.25, -0.2) is 0 Å². The van der Waals surface area contributed by atoms with Gasteiger partial charge in [0.15, 0.2) is 0 Å². The maximum absolute atomic E-state index is 6.13. The normalized spacial score (nSPS) is 18.1. The molecule has 4 nitrogen and oxygen atoms in total. The molecule has 0 radical (unpaired) electrons. The molecule has 0 spiro atoms. The molecule has 112 valence electrons. The van der Waals surface area contributed by atoms with Crippen LogP contribution in [0.25, 0.3) is 0 Å². The Morgan fingerprint density at radius 2 is 2.00 bits per heavy atom. The van der Waals surface area contributed by atoms with Crippen molar-refractivity contribution in [3.05, 3.63) is 24.3 Å². The third kappa shape index (κ3) is 4.12. The summed E-state index contributed by atoms with van der Waals surface area (Å²) in [6.07, 6.45) is 2.29. The number of piperazine rings is 1. The van der Waals surface area contributed by atoms with Crippen molar-refractivity contribution in [2.45, 2.75) is 25.8 Å². The van der Waals surface area contributed by atoms with E-state index in [0.29, 0.717) is 6.04 Å². The van der Waals surface area contributed by atoms with Crippen LogP contribution in [0, 0.1) is 0 Å². The molecule has 1 aliphatic heterocycles. The Hall–Kier alpha value is -1.26. The van der Waals surface area contributed by atoms with E-state index in [1.807, 2.05) is 6.07 Å². The molecule has 1 fully saturated rings. The molecule has 0 aromatic heterocycles. The van der Waals surface area contributed by atoms with Crippen LogP contribution in [0.1, 0.15) is 19.8 Å². The zero-order valence-electron chi connectivity index (χ0n) is 12.7. The standard InChI is InChI=1S/C16H27N3O/c1-3-5-14(17)13-18-8-10-19(11-9-18)15-6-4-7-16(12-15)20-2/h4,6-7,12,14H,3,5,8-11,13,17H2,1-2H3. The van der Waals surface area contributed by atoms with Crippen molar-refractivity contribution >= 4 is 5.69 Å². The van der Waals surface area contributed by atoms with E-state index < -0.39 is 0 Å². The van der Waals surface area contributed by atoms with Gasteiger partial charge in [-0.1, -0.05) is 19.4 Å². The summed E-state index contributed by atoms with van der Waals surface area (Å²) in [6, 6.07) is 8.63. The minimum Gasteiger partial charge on any atom is -0.497 e. The van der Waals surface area contributed by atoms with Gasteiger partial charge in [0.05, 0.1) is 7.11 Å². The van der Waals surface area contributed by atoms with Gasteiger partial charge in [-0.3, -0.25) is 4.90 Å². The molecule has 1 atom stereocenters. The first-order valence-electron chi connectivity index (χ1n) is 7.60. The number of anilines is 1. The number of hydrogen-bond acceptors (Lipinski definition) is 4. The first kappa shape index (κ1) is 15.1. The van der Waals surface area contributed by atoms with E-state index >= 15 is 0 Å². The predicted octanol–water partition coefficient (Wildman–Crippen LogP) is 1.94. The molecule has 1 unspecified atom stereocenters. The lowest BCUT2D eigenvalue weighted by Gasteiger charge is -2.37. The minimum atomic E-state index is 0.323. The summed E-state index contributed by atoms with van der Waals surface area (Å²) in [5, 5.41) is 0. The second kappa shape index (κ2) is 7.50. The molecule has 0 amide bonds. The second-order valence-corrected chi connectivity index (χ2v) is 5.54. The van der Waals surface area contributed by atoms with Crippen LogP contribution in [0.5, 0.6) is 5.75 Å². The molecule has 0 aliphatic carbocycles. The van der Waals surface area contributed by atoms with Gasteiger partial charge in [0, 0.05) is 50.5 Å². The summed E-state index contributed by atoms with van der Waals surface area (Å²) in [5.41, 5.74) is 7.38. The van der Waals surface area contributed by atoms with E-state index in [2.05, 4.69) is 34.9 Å². The fraction of sp³-hybridized carbons (Fsp3) is 0.625. The summed E-state index contributed by atoms with van der Waals surface area (Å²) in [6.45, 7) is 7.53. The van der Waals surface area contributed by atoms with Gasteiger partial charge in [0.1, 0.15) is 5.75 Å². The maximum atomic E-state index is 6.13. The molecule has 2 N–H and O–H groups in total. The fourth-order valence-electron chi connectivity index (χ4n) is 2.79. The number of nitrogens with zero attached hydrogens (tertiary/aromatic N) is 2. The van der Waals surface area contributed by atoms with E-state index in [-0.39, 0.29) is 0 Å². The third-order valence-corrected chi connectivity index (χ3v) is 3.94. The van der Waals surface area contributed by atoms with Gasteiger partial charge >= 0.3 is 0 Å². The Labute approximate surface area is 122 Å². The molecule has 1 aliphatic rings. The lowest BCUT2D eigenvalue weighted by Crippen LogP contribution is -2.49. The van der Waals surface area contributed by atoms with E-state index in [1.165, 1.54) is 12.1 Å². The van der Waals surface area contributed by atoms with E-state index in [0.717, 1.165) is 44.9 Å². The van der Waals surface area contributed by atoms with Crippen molar-refractivity contribution in [1.82, 2.24) is 4.90 Å². The summed E-state index contributed by atoms with van der Waals surface area (Å²) in [7, 11) is 1.71. The lowest BCUT2D eigenvalue weighted by molar-refractivity contribution is 0.238. The highest BCUT2D eigenvalue weighted by atomic mass is 16.5. The van der Waals surface area contributed by atoms with Gasteiger partial charge in [-0.2, -0.15) is 0 Å². The van der Waals surface area contributed by atoms with Crippen LogP contribution in [0.2, 0.25) is 0 Å². The summed E-state index contributed by atoms with van der Waals surface area (Å²) in [5.74, 6) is 0.926. The average molecular weight is 277 g/mol. The molecule has 0 bridgehead atoms. The van der Waals surface area contributed by atoms with Crippen LogP contribution >= 0.6 is 0 Å². The molecule has 0 saturated carbocycles. The molecule has 1 aromatic rings. The highest BCUT2D eigenvalue weighted by Crippen LogP contribution is 2.22. The average Bonchev–Trinajstić information content (AvgIpc) is 2.48. The van der Waals surface area contributed by atoms with Crippen LogP contribution < -0.4 is 15.4 Å². The van der Waals surface area contributed by atoms with Gasteiger partial charge < -0.3 is 15.4 Å².